The van der Waals surface area contributed by atoms with Crippen LogP contribution in [0.25, 0.3) is 0 Å². The van der Waals surface area contributed by atoms with E-state index in [2.05, 4.69) is 28.5 Å². The Labute approximate surface area is 106 Å². The van der Waals surface area contributed by atoms with E-state index in [0.29, 0.717) is 0 Å². The molecule has 1 aliphatic heterocycles. The maximum Gasteiger partial charge on any atom is 0.248 e. The van der Waals surface area contributed by atoms with Gasteiger partial charge in [-0.05, 0) is 47.7 Å². The number of H-pyrrole nitrogens is 1. The Morgan fingerprint density at radius 1 is 1.22 bits per heavy atom. The molecule has 3 rings (SSSR count). The van der Waals surface area contributed by atoms with Crippen molar-refractivity contribution in [3.05, 3.63) is 69.1 Å². The van der Waals surface area contributed by atoms with E-state index in [1.807, 2.05) is 6.07 Å². The molecule has 0 saturated heterocycles. The zero-order valence-electron chi connectivity index (χ0n) is 10.2. The number of pyridine rings is 1. The summed E-state index contributed by atoms with van der Waals surface area (Å²) in [6.45, 7) is 2.00. The summed E-state index contributed by atoms with van der Waals surface area (Å²) in [4.78, 5) is 14.0. The molecular weight excluding hydrogens is 224 g/mol. The van der Waals surface area contributed by atoms with Crippen LogP contribution >= 0.6 is 0 Å². The van der Waals surface area contributed by atoms with E-state index in [0.717, 1.165) is 31.5 Å². The standard InChI is InChI=1S/C15H16N2O/c18-15-9-11(4-7-17-15)8-12-2-1-3-13-10-16-6-5-14(12)13/h1-4,7,9,16H,5-6,8,10H2,(H,17,18). The van der Waals surface area contributed by atoms with Crippen molar-refractivity contribution in [1.82, 2.24) is 10.3 Å². The first kappa shape index (κ1) is 11.2. The lowest BCUT2D eigenvalue weighted by atomic mass is 9.92. The largest absolute Gasteiger partial charge is 0.329 e. The third-order valence-corrected chi connectivity index (χ3v) is 3.47. The van der Waals surface area contributed by atoms with Crippen molar-refractivity contribution in [3.63, 3.8) is 0 Å². The van der Waals surface area contributed by atoms with Gasteiger partial charge in [-0.15, -0.1) is 0 Å². The predicted octanol–water partition coefficient (Wildman–Crippen LogP) is 1.61. The summed E-state index contributed by atoms with van der Waals surface area (Å²) in [6, 6.07) is 10.1. The molecule has 0 radical (unpaired) electrons. The average molecular weight is 240 g/mol. The van der Waals surface area contributed by atoms with E-state index < -0.39 is 0 Å². The normalized spacial score (nSPS) is 14.2. The number of hydrogen-bond acceptors (Lipinski definition) is 2. The molecule has 0 amide bonds. The van der Waals surface area contributed by atoms with E-state index in [1.54, 1.807) is 12.3 Å². The van der Waals surface area contributed by atoms with Gasteiger partial charge in [0.1, 0.15) is 0 Å². The van der Waals surface area contributed by atoms with Gasteiger partial charge in [0.25, 0.3) is 0 Å². The number of fused-ring (bicyclic) bond motifs is 1. The molecule has 3 nitrogen and oxygen atoms in total. The smallest absolute Gasteiger partial charge is 0.248 e. The SMILES string of the molecule is O=c1cc(Cc2cccc3c2CCNC3)cc[nH]1. The lowest BCUT2D eigenvalue weighted by Crippen LogP contribution is -2.24. The van der Waals surface area contributed by atoms with Crippen LogP contribution in [0.1, 0.15) is 22.3 Å². The first-order valence-electron chi connectivity index (χ1n) is 6.31. The van der Waals surface area contributed by atoms with Crippen LogP contribution in [-0.2, 0) is 19.4 Å². The summed E-state index contributed by atoms with van der Waals surface area (Å²) < 4.78 is 0. The fourth-order valence-electron chi connectivity index (χ4n) is 2.60. The lowest BCUT2D eigenvalue weighted by Gasteiger charge is -2.20. The van der Waals surface area contributed by atoms with Gasteiger partial charge in [-0.2, -0.15) is 0 Å². The first-order valence-corrected chi connectivity index (χ1v) is 6.31. The van der Waals surface area contributed by atoms with E-state index >= 15 is 0 Å². The monoisotopic (exact) mass is 240 g/mol. The van der Waals surface area contributed by atoms with Crippen LogP contribution in [0.15, 0.2) is 41.3 Å². The highest BCUT2D eigenvalue weighted by Gasteiger charge is 2.12. The highest BCUT2D eigenvalue weighted by Crippen LogP contribution is 2.20. The molecule has 2 aromatic rings. The topological polar surface area (TPSA) is 44.9 Å². The molecule has 3 heteroatoms. The minimum atomic E-state index is -0.0287. The fourth-order valence-corrected chi connectivity index (χ4v) is 2.60. The van der Waals surface area contributed by atoms with Crippen molar-refractivity contribution in [2.45, 2.75) is 19.4 Å². The van der Waals surface area contributed by atoms with Crippen molar-refractivity contribution >= 4 is 0 Å². The van der Waals surface area contributed by atoms with Crippen molar-refractivity contribution in [2.24, 2.45) is 0 Å². The van der Waals surface area contributed by atoms with Gasteiger partial charge in [-0.1, -0.05) is 18.2 Å². The number of aromatic nitrogens is 1. The number of hydrogen-bond donors (Lipinski definition) is 2. The fraction of sp³-hybridized carbons (Fsp3) is 0.267. The summed E-state index contributed by atoms with van der Waals surface area (Å²) in [7, 11) is 0. The van der Waals surface area contributed by atoms with Crippen molar-refractivity contribution in [3.8, 4) is 0 Å². The van der Waals surface area contributed by atoms with E-state index in [1.165, 1.54) is 16.7 Å². The summed E-state index contributed by atoms with van der Waals surface area (Å²) in [6.07, 6.45) is 3.64. The van der Waals surface area contributed by atoms with E-state index in [-0.39, 0.29) is 5.56 Å². The molecule has 92 valence electrons. The van der Waals surface area contributed by atoms with Crippen molar-refractivity contribution in [2.75, 3.05) is 6.54 Å². The number of benzene rings is 1. The molecule has 0 saturated carbocycles. The second-order valence-electron chi connectivity index (χ2n) is 4.72. The Morgan fingerprint density at radius 2 is 2.17 bits per heavy atom. The molecule has 0 fully saturated rings. The Hall–Kier alpha value is -1.87. The minimum absolute atomic E-state index is 0.0287. The highest BCUT2D eigenvalue weighted by atomic mass is 16.1. The van der Waals surface area contributed by atoms with Crippen LogP contribution in [0.4, 0.5) is 0 Å². The van der Waals surface area contributed by atoms with E-state index in [9.17, 15) is 4.79 Å². The quantitative estimate of drug-likeness (QED) is 0.837. The third kappa shape index (κ3) is 2.22. The number of nitrogens with one attached hydrogen (secondary N) is 2. The van der Waals surface area contributed by atoms with Gasteiger partial charge in [0, 0.05) is 18.8 Å². The molecule has 0 atom stereocenters. The summed E-state index contributed by atoms with van der Waals surface area (Å²) in [5.74, 6) is 0. The molecule has 0 unspecified atom stereocenters. The zero-order valence-corrected chi connectivity index (χ0v) is 10.2. The molecule has 1 aromatic carbocycles. The van der Waals surface area contributed by atoms with Gasteiger partial charge in [-0.3, -0.25) is 4.79 Å². The number of rotatable bonds is 2. The van der Waals surface area contributed by atoms with Gasteiger partial charge in [-0.25, -0.2) is 0 Å². The molecule has 18 heavy (non-hydrogen) atoms. The Balaban J connectivity index is 1.95. The van der Waals surface area contributed by atoms with E-state index in [4.69, 9.17) is 0 Å². The minimum Gasteiger partial charge on any atom is -0.329 e. The van der Waals surface area contributed by atoms with Gasteiger partial charge in [0.15, 0.2) is 0 Å². The van der Waals surface area contributed by atoms with Crippen LogP contribution in [0.2, 0.25) is 0 Å². The Kier molecular flexibility index (Phi) is 2.99. The zero-order chi connectivity index (χ0) is 12.4. The highest BCUT2D eigenvalue weighted by molar-refractivity contribution is 5.39. The summed E-state index contributed by atoms with van der Waals surface area (Å²) in [5, 5.41) is 3.39. The van der Waals surface area contributed by atoms with Crippen LogP contribution in [0.3, 0.4) is 0 Å². The van der Waals surface area contributed by atoms with Crippen molar-refractivity contribution in [1.29, 1.82) is 0 Å². The maximum atomic E-state index is 11.3. The van der Waals surface area contributed by atoms with Crippen molar-refractivity contribution < 1.29 is 0 Å². The molecule has 0 bridgehead atoms. The van der Waals surface area contributed by atoms with Gasteiger partial charge >= 0.3 is 0 Å². The molecule has 1 aliphatic rings. The Morgan fingerprint density at radius 3 is 3.06 bits per heavy atom. The second kappa shape index (κ2) is 4.78. The summed E-state index contributed by atoms with van der Waals surface area (Å²) >= 11 is 0. The number of aromatic amines is 1. The van der Waals surface area contributed by atoms with Crippen LogP contribution in [0.5, 0.6) is 0 Å². The first-order chi connectivity index (χ1) is 8.83. The van der Waals surface area contributed by atoms with Gasteiger partial charge < -0.3 is 10.3 Å². The molecule has 0 aliphatic carbocycles. The predicted molar refractivity (Wildman–Crippen MR) is 71.7 cm³/mol. The average Bonchev–Trinajstić information content (AvgIpc) is 2.39. The third-order valence-electron chi connectivity index (χ3n) is 3.47. The summed E-state index contributed by atoms with van der Waals surface area (Å²) in [5.41, 5.74) is 5.24. The second-order valence-corrected chi connectivity index (χ2v) is 4.72. The maximum absolute atomic E-state index is 11.3. The van der Waals surface area contributed by atoms with Crippen LogP contribution in [0, 0.1) is 0 Å². The molecule has 2 heterocycles. The lowest BCUT2D eigenvalue weighted by molar-refractivity contribution is 0.639. The molecule has 2 N–H and O–H groups in total. The molecular formula is C15H16N2O. The van der Waals surface area contributed by atoms with Gasteiger partial charge in [0.05, 0.1) is 0 Å². The van der Waals surface area contributed by atoms with Crippen LogP contribution in [-0.4, -0.2) is 11.5 Å². The van der Waals surface area contributed by atoms with Gasteiger partial charge in [0.2, 0.25) is 5.56 Å². The Bertz CT molecular complexity index is 616. The molecule has 0 spiro atoms. The van der Waals surface area contributed by atoms with Crippen LogP contribution < -0.4 is 10.9 Å². The molecule has 1 aromatic heterocycles.